The van der Waals surface area contributed by atoms with Gasteiger partial charge in [-0.25, -0.2) is 4.39 Å². The molecule has 0 fully saturated rings. The summed E-state index contributed by atoms with van der Waals surface area (Å²) in [7, 11) is 0. The lowest BCUT2D eigenvalue weighted by Gasteiger charge is -2.10. The van der Waals surface area contributed by atoms with Crippen LogP contribution in [-0.2, 0) is 6.42 Å². The second kappa shape index (κ2) is 3.23. The maximum absolute atomic E-state index is 13.1. The van der Waals surface area contributed by atoms with E-state index in [1.807, 2.05) is 6.07 Å². The molecular weight excluding hydrogens is 175 g/mol. The first-order chi connectivity index (χ1) is 6.59. The third-order valence-corrected chi connectivity index (χ3v) is 2.85. The van der Waals surface area contributed by atoms with Crippen LogP contribution < -0.4 is 0 Å². The monoisotopic (exact) mass is 190 g/mol. The van der Waals surface area contributed by atoms with E-state index in [0.717, 1.165) is 12.0 Å². The van der Waals surface area contributed by atoms with Crippen LogP contribution in [0.2, 0.25) is 0 Å². The van der Waals surface area contributed by atoms with E-state index in [9.17, 15) is 4.39 Å². The molecule has 0 unspecified atom stereocenters. The van der Waals surface area contributed by atoms with Gasteiger partial charge in [0.25, 0.3) is 0 Å². The predicted octanol–water partition coefficient (Wildman–Crippen LogP) is 3.81. The Morgan fingerprint density at radius 1 is 1.29 bits per heavy atom. The van der Waals surface area contributed by atoms with Crippen LogP contribution in [0.15, 0.2) is 23.8 Å². The Kier molecular flexibility index (Phi) is 2.18. The van der Waals surface area contributed by atoms with Crippen LogP contribution in [0.3, 0.4) is 0 Å². The van der Waals surface area contributed by atoms with Gasteiger partial charge in [0, 0.05) is 0 Å². The van der Waals surface area contributed by atoms with Gasteiger partial charge in [0.1, 0.15) is 5.82 Å². The summed E-state index contributed by atoms with van der Waals surface area (Å²) in [4.78, 5) is 0. The Morgan fingerprint density at radius 3 is 2.64 bits per heavy atom. The molecule has 14 heavy (non-hydrogen) atoms. The summed E-state index contributed by atoms with van der Waals surface area (Å²) < 4.78 is 13.1. The number of halogens is 1. The molecule has 74 valence electrons. The van der Waals surface area contributed by atoms with Crippen molar-refractivity contribution in [2.75, 3.05) is 0 Å². The van der Waals surface area contributed by atoms with Crippen LogP contribution in [0.25, 0.3) is 5.57 Å². The van der Waals surface area contributed by atoms with Crippen molar-refractivity contribution in [3.05, 3.63) is 40.7 Å². The molecule has 0 spiro atoms. The van der Waals surface area contributed by atoms with Gasteiger partial charge in [0.15, 0.2) is 0 Å². The Balaban J connectivity index is 2.56. The van der Waals surface area contributed by atoms with Crippen molar-refractivity contribution in [2.24, 2.45) is 5.92 Å². The van der Waals surface area contributed by atoms with E-state index in [2.05, 4.69) is 20.8 Å². The molecule has 0 bridgehead atoms. The highest BCUT2D eigenvalue weighted by atomic mass is 19.1. The number of fused-ring (bicyclic) bond motifs is 1. The highest BCUT2D eigenvalue weighted by Gasteiger charge is 2.21. The third kappa shape index (κ3) is 1.37. The van der Waals surface area contributed by atoms with E-state index >= 15 is 0 Å². The molecule has 2 rings (SSSR count). The van der Waals surface area contributed by atoms with Crippen molar-refractivity contribution >= 4 is 5.57 Å². The quantitative estimate of drug-likeness (QED) is 0.631. The van der Waals surface area contributed by atoms with Gasteiger partial charge in [-0.1, -0.05) is 25.5 Å². The number of allylic oxidation sites excluding steroid dienone is 2. The highest BCUT2D eigenvalue weighted by molar-refractivity contribution is 5.77. The molecular formula is C13H15F. The second-order valence-electron chi connectivity index (χ2n) is 4.33. The normalized spacial score (nSPS) is 15.2. The van der Waals surface area contributed by atoms with Crippen molar-refractivity contribution in [1.82, 2.24) is 0 Å². The van der Waals surface area contributed by atoms with E-state index < -0.39 is 0 Å². The first-order valence-corrected chi connectivity index (χ1v) is 5.08. The lowest BCUT2D eigenvalue weighted by molar-refractivity contribution is 0.626. The summed E-state index contributed by atoms with van der Waals surface area (Å²) in [6, 6.07) is 5.13. The third-order valence-electron chi connectivity index (χ3n) is 2.85. The van der Waals surface area contributed by atoms with Crippen molar-refractivity contribution in [3.8, 4) is 0 Å². The van der Waals surface area contributed by atoms with Crippen LogP contribution in [0, 0.1) is 11.7 Å². The molecule has 0 aliphatic heterocycles. The Bertz CT molecular complexity index is 400. The summed E-state index contributed by atoms with van der Waals surface area (Å²) in [6.07, 6.45) is 0.989. The zero-order valence-electron chi connectivity index (χ0n) is 8.89. The average Bonchev–Trinajstić information content (AvgIpc) is 2.40. The maximum atomic E-state index is 13.1. The number of hydrogen-bond donors (Lipinski definition) is 0. The first-order valence-electron chi connectivity index (χ1n) is 5.08. The van der Waals surface area contributed by atoms with E-state index in [1.165, 1.54) is 16.7 Å². The van der Waals surface area contributed by atoms with Gasteiger partial charge >= 0.3 is 0 Å². The molecule has 0 N–H and O–H groups in total. The molecule has 0 amide bonds. The van der Waals surface area contributed by atoms with Gasteiger partial charge in [0.05, 0.1) is 0 Å². The second-order valence-corrected chi connectivity index (χ2v) is 4.33. The maximum Gasteiger partial charge on any atom is 0.123 e. The minimum Gasteiger partial charge on any atom is -0.207 e. The molecule has 0 heterocycles. The van der Waals surface area contributed by atoms with Crippen LogP contribution in [0.5, 0.6) is 0 Å². The van der Waals surface area contributed by atoms with Crippen molar-refractivity contribution in [3.63, 3.8) is 0 Å². The minimum absolute atomic E-state index is 0.128. The molecule has 1 aliphatic carbocycles. The van der Waals surface area contributed by atoms with Gasteiger partial charge in [-0.15, -0.1) is 0 Å². The summed E-state index contributed by atoms with van der Waals surface area (Å²) in [6.45, 7) is 6.48. The average molecular weight is 190 g/mol. The van der Waals surface area contributed by atoms with Crippen LogP contribution in [0.4, 0.5) is 4.39 Å². The van der Waals surface area contributed by atoms with Gasteiger partial charge in [-0.3, -0.25) is 0 Å². The molecule has 0 saturated heterocycles. The summed E-state index contributed by atoms with van der Waals surface area (Å²) in [5.41, 5.74) is 5.12. The first kappa shape index (κ1) is 9.45. The standard InChI is InChI=1S/C13H15F/c1-8(2)13-9(3)6-10-4-5-11(14)7-12(10)13/h4-5,7-8H,6H2,1-3H3. The minimum atomic E-state index is -0.128. The highest BCUT2D eigenvalue weighted by Crippen LogP contribution is 2.37. The number of benzene rings is 1. The van der Waals surface area contributed by atoms with E-state index in [-0.39, 0.29) is 5.82 Å². The smallest absolute Gasteiger partial charge is 0.123 e. The Hall–Kier alpha value is -1.11. The molecule has 0 saturated carbocycles. The van der Waals surface area contributed by atoms with Crippen LogP contribution >= 0.6 is 0 Å². The molecule has 1 aromatic carbocycles. The summed E-state index contributed by atoms with van der Waals surface area (Å²) in [5, 5.41) is 0. The SMILES string of the molecule is CC1=C(C(C)C)c2cc(F)ccc2C1. The van der Waals surface area contributed by atoms with Gasteiger partial charge in [0.2, 0.25) is 0 Å². The van der Waals surface area contributed by atoms with Gasteiger partial charge in [-0.05, 0) is 48.1 Å². The Morgan fingerprint density at radius 2 is 2.00 bits per heavy atom. The fourth-order valence-electron chi connectivity index (χ4n) is 2.37. The molecule has 1 aromatic rings. The number of rotatable bonds is 1. The fourth-order valence-corrected chi connectivity index (χ4v) is 2.37. The molecule has 0 atom stereocenters. The summed E-state index contributed by atoms with van der Waals surface area (Å²) >= 11 is 0. The zero-order valence-corrected chi connectivity index (χ0v) is 8.89. The van der Waals surface area contributed by atoms with Gasteiger partial charge < -0.3 is 0 Å². The Labute approximate surface area is 84.5 Å². The summed E-state index contributed by atoms with van der Waals surface area (Å²) in [5.74, 6) is 0.356. The van der Waals surface area contributed by atoms with Crippen molar-refractivity contribution in [1.29, 1.82) is 0 Å². The topological polar surface area (TPSA) is 0 Å². The molecule has 1 aliphatic rings. The zero-order chi connectivity index (χ0) is 10.3. The van der Waals surface area contributed by atoms with Crippen LogP contribution in [-0.4, -0.2) is 0 Å². The fraction of sp³-hybridized carbons (Fsp3) is 0.385. The molecule has 0 aromatic heterocycles. The number of hydrogen-bond acceptors (Lipinski definition) is 0. The van der Waals surface area contributed by atoms with Crippen molar-refractivity contribution in [2.45, 2.75) is 27.2 Å². The largest absolute Gasteiger partial charge is 0.207 e. The lowest BCUT2D eigenvalue weighted by Crippen LogP contribution is -1.93. The molecule has 0 radical (unpaired) electrons. The van der Waals surface area contributed by atoms with E-state index in [4.69, 9.17) is 0 Å². The van der Waals surface area contributed by atoms with Crippen molar-refractivity contribution < 1.29 is 4.39 Å². The van der Waals surface area contributed by atoms with E-state index in [1.54, 1.807) is 12.1 Å². The van der Waals surface area contributed by atoms with Crippen LogP contribution in [0.1, 0.15) is 31.9 Å². The lowest BCUT2D eigenvalue weighted by atomic mass is 9.95. The van der Waals surface area contributed by atoms with E-state index in [0.29, 0.717) is 5.92 Å². The molecule has 1 heteroatoms. The predicted molar refractivity (Wildman–Crippen MR) is 57.5 cm³/mol. The molecule has 0 nitrogen and oxygen atoms in total. The van der Waals surface area contributed by atoms with Gasteiger partial charge in [-0.2, -0.15) is 0 Å².